The first kappa shape index (κ1) is 45.1. The molecule has 0 atom stereocenters. The number of hydrogen-bond acceptors (Lipinski definition) is 6. The Labute approximate surface area is 350 Å². The highest BCUT2D eigenvalue weighted by Gasteiger charge is 2.52. The van der Waals surface area contributed by atoms with Crippen molar-refractivity contribution in [2.24, 2.45) is 0 Å². The van der Waals surface area contributed by atoms with Crippen LogP contribution in [0.25, 0.3) is 5.57 Å². The Bertz CT molecular complexity index is 1640. The zero-order valence-electron chi connectivity index (χ0n) is 31.7. The van der Waals surface area contributed by atoms with Crippen LogP contribution in [-0.4, -0.2) is 77.7 Å². The van der Waals surface area contributed by atoms with Crippen molar-refractivity contribution >= 4 is 103 Å². The van der Waals surface area contributed by atoms with E-state index in [9.17, 15) is 9.59 Å². The molecule has 0 aliphatic carbocycles. The monoisotopic (exact) mass is 996 g/mol. The minimum Gasteiger partial charge on any atom is -0.444 e. The molecule has 3 aliphatic heterocycles. The second kappa shape index (κ2) is 18.6. The summed E-state index contributed by atoms with van der Waals surface area (Å²) in [6.07, 6.45) is 5.11. The van der Waals surface area contributed by atoms with Gasteiger partial charge in [-0.3, -0.25) is 0 Å². The average molecular weight is 999 g/mol. The number of amides is 2. The molecule has 5 rings (SSSR count). The van der Waals surface area contributed by atoms with Crippen LogP contribution in [0.4, 0.5) is 9.59 Å². The van der Waals surface area contributed by atoms with E-state index in [1.807, 2.05) is 112 Å². The van der Waals surface area contributed by atoms with Gasteiger partial charge in [-0.05, 0) is 183 Å². The number of nitrogens with zero attached hydrogens (tertiary/aromatic N) is 2. The third-order valence-corrected chi connectivity index (χ3v) is 11.6. The second-order valence-electron chi connectivity index (χ2n) is 15.6. The van der Waals surface area contributed by atoms with Gasteiger partial charge < -0.3 is 28.6 Å². The molecule has 52 heavy (non-hydrogen) atoms. The molecule has 0 spiro atoms. The van der Waals surface area contributed by atoms with Crippen LogP contribution in [0.2, 0.25) is 10.0 Å². The third-order valence-electron chi connectivity index (χ3n) is 8.48. The summed E-state index contributed by atoms with van der Waals surface area (Å²) in [5.41, 5.74) is 1.84. The molecule has 0 N–H and O–H groups in total. The highest BCUT2D eigenvalue weighted by Crippen LogP contribution is 2.39. The molecule has 0 unspecified atom stereocenters. The number of benzene rings is 2. The van der Waals surface area contributed by atoms with Crippen molar-refractivity contribution in [3.05, 3.63) is 82.1 Å². The van der Waals surface area contributed by atoms with Crippen LogP contribution >= 0.6 is 77.7 Å². The first-order valence-corrected chi connectivity index (χ1v) is 20.5. The Morgan fingerprint density at radius 1 is 0.769 bits per heavy atom. The smallest absolute Gasteiger partial charge is 0.444 e. The summed E-state index contributed by atoms with van der Waals surface area (Å²) in [5, 5.41) is 1.46. The fourth-order valence-corrected chi connectivity index (χ4v) is 6.51. The topological polar surface area (TPSA) is 77.5 Å². The van der Waals surface area contributed by atoms with E-state index in [4.69, 9.17) is 42.0 Å². The predicted molar refractivity (Wildman–Crippen MR) is 228 cm³/mol. The SMILES string of the molecule is CC(C)(C)OC(=O)N1CC=C(B2OC(C)(C)C(C)(C)O2)CC1.CC(C)(C)OC(=O)N1CC=C(c2ccc(Br)c(Cl)c2)CC1.Clc1cc(I)ccc1Br. The number of carbonyl (C=O) groups excluding carboxylic acids is 2. The molecule has 14 heteroatoms. The summed E-state index contributed by atoms with van der Waals surface area (Å²) in [6.45, 7) is 21.8. The molecule has 0 aromatic heterocycles. The van der Waals surface area contributed by atoms with Crippen molar-refractivity contribution in [3.63, 3.8) is 0 Å². The van der Waals surface area contributed by atoms with Gasteiger partial charge in [0, 0.05) is 38.7 Å². The highest BCUT2D eigenvalue weighted by atomic mass is 127. The molecular weight excluding hydrogens is 949 g/mol. The van der Waals surface area contributed by atoms with E-state index >= 15 is 0 Å². The number of ether oxygens (including phenoxy) is 2. The molecule has 1 fully saturated rings. The van der Waals surface area contributed by atoms with Gasteiger partial charge in [-0.25, -0.2) is 9.59 Å². The van der Waals surface area contributed by atoms with Crippen LogP contribution in [0.5, 0.6) is 0 Å². The molecule has 0 bridgehead atoms. The zero-order valence-corrected chi connectivity index (χ0v) is 38.5. The maximum absolute atomic E-state index is 12.1. The third kappa shape index (κ3) is 13.8. The lowest BCUT2D eigenvalue weighted by atomic mass is 9.75. The summed E-state index contributed by atoms with van der Waals surface area (Å²) in [5.74, 6) is 0. The summed E-state index contributed by atoms with van der Waals surface area (Å²) >= 11 is 20.8. The molecule has 3 heterocycles. The van der Waals surface area contributed by atoms with E-state index in [0.29, 0.717) is 31.2 Å². The van der Waals surface area contributed by atoms with Gasteiger partial charge in [0.1, 0.15) is 11.2 Å². The summed E-state index contributed by atoms with van der Waals surface area (Å²) in [6, 6.07) is 11.8. The molecular formula is C38H50BBr2Cl2IN2O6. The van der Waals surface area contributed by atoms with Crippen molar-refractivity contribution in [2.75, 3.05) is 26.2 Å². The van der Waals surface area contributed by atoms with Gasteiger partial charge in [-0.15, -0.1) is 0 Å². The van der Waals surface area contributed by atoms with Crippen molar-refractivity contribution in [1.29, 1.82) is 0 Å². The van der Waals surface area contributed by atoms with Crippen molar-refractivity contribution in [2.45, 2.75) is 104 Å². The summed E-state index contributed by atoms with van der Waals surface area (Å²) in [7, 11) is -0.314. The summed E-state index contributed by atoms with van der Waals surface area (Å²) in [4.78, 5) is 27.5. The van der Waals surface area contributed by atoms with Gasteiger partial charge in [0.2, 0.25) is 0 Å². The maximum Gasteiger partial charge on any atom is 0.490 e. The first-order valence-electron chi connectivity index (χ1n) is 17.1. The van der Waals surface area contributed by atoms with Gasteiger partial charge in [0.15, 0.2) is 0 Å². The number of halogens is 5. The molecule has 3 aliphatic rings. The average Bonchev–Trinajstić information content (AvgIpc) is 3.25. The van der Waals surface area contributed by atoms with Crippen LogP contribution in [0.1, 0.15) is 87.6 Å². The largest absolute Gasteiger partial charge is 0.490 e. The van der Waals surface area contributed by atoms with Gasteiger partial charge in [0.05, 0.1) is 21.2 Å². The van der Waals surface area contributed by atoms with Gasteiger partial charge in [-0.1, -0.05) is 41.4 Å². The normalized spacial score (nSPS) is 18.2. The van der Waals surface area contributed by atoms with Gasteiger partial charge in [0.25, 0.3) is 0 Å². The molecule has 2 aromatic carbocycles. The van der Waals surface area contributed by atoms with Crippen LogP contribution in [0, 0.1) is 3.57 Å². The van der Waals surface area contributed by atoms with Crippen molar-refractivity contribution in [1.82, 2.24) is 9.80 Å². The Kier molecular flexibility index (Phi) is 16.1. The molecule has 2 aromatic rings. The van der Waals surface area contributed by atoms with E-state index in [2.05, 4.69) is 60.5 Å². The molecule has 8 nitrogen and oxygen atoms in total. The van der Waals surface area contributed by atoms with E-state index < -0.39 is 11.2 Å². The lowest BCUT2D eigenvalue weighted by Crippen LogP contribution is -2.41. The van der Waals surface area contributed by atoms with Crippen LogP contribution in [0.15, 0.2) is 63.0 Å². The lowest BCUT2D eigenvalue weighted by Gasteiger charge is -2.32. The summed E-state index contributed by atoms with van der Waals surface area (Å²) < 4.78 is 25.9. The standard InChI is InChI=1S/C16H28BNO4.C16H19BrClNO2.C6H3BrClI/c1-14(2,3)20-13(19)18-10-8-12(9-11-18)17-21-15(4,5)16(6,7)22-17;1-16(2,3)21-15(20)19-8-6-11(7-9-19)12-4-5-13(17)14(18)10-12;7-5-2-1-4(9)3-6(5)8/h8H,9-11H2,1-7H3;4-6,10H,7-9H2,1-3H3;1-3H. The Morgan fingerprint density at radius 3 is 1.62 bits per heavy atom. The second-order valence-corrected chi connectivity index (χ2v) is 19.4. The quantitative estimate of drug-likeness (QED) is 0.169. The number of carbonyl (C=O) groups is 2. The lowest BCUT2D eigenvalue weighted by molar-refractivity contribution is 0.00578. The van der Waals surface area contributed by atoms with Crippen molar-refractivity contribution in [3.8, 4) is 0 Å². The fourth-order valence-electron chi connectivity index (χ4n) is 4.98. The minimum absolute atomic E-state index is 0.258. The number of hydrogen-bond donors (Lipinski definition) is 0. The highest BCUT2D eigenvalue weighted by molar-refractivity contribution is 14.1. The maximum atomic E-state index is 12.1. The predicted octanol–water partition coefficient (Wildman–Crippen LogP) is 12.0. The van der Waals surface area contributed by atoms with E-state index in [-0.39, 0.29) is 30.5 Å². The zero-order chi connectivity index (χ0) is 39.2. The van der Waals surface area contributed by atoms with E-state index in [0.717, 1.165) is 41.4 Å². The van der Waals surface area contributed by atoms with Gasteiger partial charge in [-0.2, -0.15) is 0 Å². The van der Waals surface area contributed by atoms with E-state index in [1.165, 1.54) is 5.57 Å². The first-order chi connectivity index (χ1) is 23.9. The van der Waals surface area contributed by atoms with Crippen LogP contribution in [-0.2, 0) is 18.8 Å². The Morgan fingerprint density at radius 2 is 1.23 bits per heavy atom. The van der Waals surface area contributed by atoms with Crippen LogP contribution < -0.4 is 0 Å². The molecule has 286 valence electrons. The molecule has 0 saturated carbocycles. The molecule has 2 amide bonds. The van der Waals surface area contributed by atoms with Crippen molar-refractivity contribution < 1.29 is 28.4 Å². The van der Waals surface area contributed by atoms with Crippen LogP contribution in [0.3, 0.4) is 0 Å². The van der Waals surface area contributed by atoms with E-state index in [1.54, 1.807) is 9.80 Å². The van der Waals surface area contributed by atoms with Gasteiger partial charge >= 0.3 is 19.3 Å². The Balaban J connectivity index is 0.000000228. The molecule has 0 radical (unpaired) electrons. The molecule has 1 saturated heterocycles. The Hall–Kier alpha value is -1.29. The number of rotatable bonds is 2. The minimum atomic E-state index is -0.465. The fraction of sp³-hybridized carbons (Fsp3) is 0.526.